The van der Waals surface area contributed by atoms with Gasteiger partial charge >= 0.3 is 0 Å². The highest BCUT2D eigenvalue weighted by atomic mass is 16.2. The predicted octanol–water partition coefficient (Wildman–Crippen LogP) is 2.08. The van der Waals surface area contributed by atoms with E-state index >= 15 is 0 Å². The average molecular weight is 255 g/mol. The van der Waals surface area contributed by atoms with Crippen LogP contribution < -0.4 is 5.32 Å². The Morgan fingerprint density at radius 3 is 2.84 bits per heavy atom. The summed E-state index contributed by atoms with van der Waals surface area (Å²) in [5.41, 5.74) is 2.19. The summed E-state index contributed by atoms with van der Waals surface area (Å²) in [5.74, 6) is 0.884. The smallest absolute Gasteiger partial charge is 0.224 e. The van der Waals surface area contributed by atoms with E-state index in [1.54, 1.807) is 6.33 Å². The van der Waals surface area contributed by atoms with E-state index in [1.165, 1.54) is 0 Å². The molecule has 1 aromatic heterocycles. The van der Waals surface area contributed by atoms with Crippen molar-refractivity contribution in [3.63, 3.8) is 0 Å². The molecule has 1 aliphatic rings. The number of aromatic nitrogens is 2. The summed E-state index contributed by atoms with van der Waals surface area (Å²) >= 11 is 0. The van der Waals surface area contributed by atoms with Gasteiger partial charge in [-0.15, -0.1) is 0 Å². The van der Waals surface area contributed by atoms with Gasteiger partial charge in [-0.25, -0.2) is 4.98 Å². The second-order valence-corrected chi connectivity index (χ2v) is 5.12. The number of rotatable bonds is 4. The molecule has 2 aromatic rings. The van der Waals surface area contributed by atoms with Gasteiger partial charge in [0.2, 0.25) is 5.91 Å². The first kappa shape index (κ1) is 12.0. The fourth-order valence-corrected chi connectivity index (χ4v) is 2.69. The quantitative estimate of drug-likeness (QED) is 0.878. The van der Waals surface area contributed by atoms with E-state index in [0.717, 1.165) is 11.3 Å². The number of nitrogens with zero attached hydrogens (tertiary/aromatic N) is 1. The number of carbonyl (C=O) groups is 1. The number of aromatic amines is 1. The van der Waals surface area contributed by atoms with Gasteiger partial charge in [-0.05, 0) is 11.5 Å². The molecule has 1 saturated carbocycles. The second-order valence-electron chi connectivity index (χ2n) is 5.12. The van der Waals surface area contributed by atoms with Crippen molar-refractivity contribution in [3.05, 3.63) is 54.1 Å². The Hall–Kier alpha value is -2.10. The fraction of sp³-hybridized carbons (Fsp3) is 0.333. The number of carbonyl (C=O) groups excluding carboxylic acids is 1. The molecular formula is C15H17N3O. The van der Waals surface area contributed by atoms with E-state index < -0.39 is 0 Å². The van der Waals surface area contributed by atoms with Gasteiger partial charge in [-0.3, -0.25) is 4.79 Å². The molecule has 0 radical (unpaired) electrons. The lowest BCUT2D eigenvalue weighted by Gasteiger charge is -2.04. The Morgan fingerprint density at radius 2 is 2.16 bits per heavy atom. The van der Waals surface area contributed by atoms with Crippen LogP contribution in [0.2, 0.25) is 0 Å². The number of benzene rings is 1. The minimum absolute atomic E-state index is 0.0733. The van der Waals surface area contributed by atoms with Crippen molar-refractivity contribution < 1.29 is 4.79 Å². The van der Waals surface area contributed by atoms with Crippen LogP contribution in [0.25, 0.3) is 0 Å². The first-order valence-electron chi connectivity index (χ1n) is 6.57. The maximum atomic E-state index is 12.1. The lowest BCUT2D eigenvalue weighted by atomic mass is 10.2. The Bertz CT molecular complexity index is 550. The number of hydrogen-bond donors (Lipinski definition) is 2. The number of hydrogen-bond acceptors (Lipinski definition) is 2. The van der Waals surface area contributed by atoms with Crippen LogP contribution in [0.1, 0.15) is 24.1 Å². The Kier molecular flexibility index (Phi) is 3.07. The Balaban J connectivity index is 1.57. The molecule has 0 bridgehead atoms. The summed E-state index contributed by atoms with van der Waals surface area (Å²) in [4.78, 5) is 19.3. The minimum Gasteiger partial charge on any atom is -0.352 e. The van der Waals surface area contributed by atoms with Gasteiger partial charge < -0.3 is 10.3 Å². The van der Waals surface area contributed by atoms with Crippen molar-refractivity contribution >= 4 is 5.91 Å². The maximum Gasteiger partial charge on any atom is 0.224 e. The van der Waals surface area contributed by atoms with Crippen molar-refractivity contribution in [1.29, 1.82) is 0 Å². The molecule has 1 fully saturated rings. The molecule has 1 heterocycles. The van der Waals surface area contributed by atoms with E-state index in [4.69, 9.17) is 0 Å². The number of imidazole rings is 1. The van der Waals surface area contributed by atoms with Crippen LogP contribution in [0.3, 0.4) is 0 Å². The van der Waals surface area contributed by atoms with E-state index in [9.17, 15) is 4.79 Å². The monoisotopic (exact) mass is 255 g/mol. The number of H-pyrrole nitrogens is 1. The summed E-state index contributed by atoms with van der Waals surface area (Å²) in [6.07, 6.45) is 3.48. The van der Waals surface area contributed by atoms with Crippen molar-refractivity contribution in [1.82, 2.24) is 15.3 Å². The highest BCUT2D eigenvalue weighted by Crippen LogP contribution is 2.52. The molecule has 0 aliphatic heterocycles. The molecule has 2 unspecified atom stereocenters. The highest BCUT2D eigenvalue weighted by molar-refractivity contribution is 5.83. The molecule has 3 rings (SSSR count). The number of amides is 1. The second kappa shape index (κ2) is 4.88. The summed E-state index contributed by atoms with van der Waals surface area (Å²) < 4.78 is 0. The first-order chi connectivity index (χ1) is 9.27. The molecule has 1 amide bonds. The van der Waals surface area contributed by atoms with E-state index in [2.05, 4.69) is 22.2 Å². The average Bonchev–Trinajstić information content (AvgIpc) is 2.89. The topological polar surface area (TPSA) is 57.8 Å². The van der Waals surface area contributed by atoms with Gasteiger partial charge in [-0.2, -0.15) is 0 Å². The predicted molar refractivity (Wildman–Crippen MR) is 72.3 cm³/mol. The van der Waals surface area contributed by atoms with Gasteiger partial charge in [0.1, 0.15) is 0 Å². The summed E-state index contributed by atoms with van der Waals surface area (Å²) in [6, 6.07) is 9.97. The van der Waals surface area contributed by atoms with Gasteiger partial charge in [0.15, 0.2) is 0 Å². The molecule has 0 saturated heterocycles. The van der Waals surface area contributed by atoms with E-state index in [1.807, 2.05) is 36.5 Å². The molecule has 1 aliphatic carbocycles. The third-order valence-electron chi connectivity index (χ3n) is 3.87. The molecule has 19 heavy (non-hydrogen) atoms. The zero-order valence-corrected chi connectivity index (χ0v) is 10.8. The van der Waals surface area contributed by atoms with Crippen LogP contribution >= 0.6 is 0 Å². The zero-order valence-electron chi connectivity index (χ0n) is 10.8. The standard InChI is InChI=1S/C15H17N3O/c1-10-13(12-8-16-9-18-12)14(10)15(19)17-7-11-5-3-2-4-6-11/h2-6,8-10,13-14H,7H2,1H3,(H,16,18)(H,17,19)/t10?,13-,14?/m1/s1. The fourth-order valence-electron chi connectivity index (χ4n) is 2.69. The molecule has 3 atom stereocenters. The van der Waals surface area contributed by atoms with Crippen LogP contribution in [0, 0.1) is 11.8 Å². The highest BCUT2D eigenvalue weighted by Gasteiger charge is 2.52. The molecule has 4 heteroatoms. The number of nitrogens with one attached hydrogen (secondary N) is 2. The van der Waals surface area contributed by atoms with E-state index in [0.29, 0.717) is 18.4 Å². The van der Waals surface area contributed by atoms with Gasteiger partial charge in [0.05, 0.1) is 6.33 Å². The first-order valence-corrected chi connectivity index (χ1v) is 6.57. The van der Waals surface area contributed by atoms with Crippen molar-refractivity contribution in [2.24, 2.45) is 11.8 Å². The lowest BCUT2D eigenvalue weighted by molar-refractivity contribution is -0.122. The maximum absolute atomic E-state index is 12.1. The van der Waals surface area contributed by atoms with Crippen LogP contribution in [-0.4, -0.2) is 15.9 Å². The van der Waals surface area contributed by atoms with E-state index in [-0.39, 0.29) is 11.8 Å². The summed E-state index contributed by atoms with van der Waals surface area (Å²) in [7, 11) is 0. The van der Waals surface area contributed by atoms with Gasteiger partial charge in [-0.1, -0.05) is 37.3 Å². The van der Waals surface area contributed by atoms with Gasteiger partial charge in [0.25, 0.3) is 0 Å². The third kappa shape index (κ3) is 2.38. The van der Waals surface area contributed by atoms with Crippen LogP contribution in [0.5, 0.6) is 0 Å². The van der Waals surface area contributed by atoms with Gasteiger partial charge in [0, 0.05) is 30.3 Å². The molecule has 4 nitrogen and oxygen atoms in total. The third-order valence-corrected chi connectivity index (χ3v) is 3.87. The lowest BCUT2D eigenvalue weighted by Crippen LogP contribution is -2.25. The van der Waals surface area contributed by atoms with Crippen molar-refractivity contribution in [3.8, 4) is 0 Å². The molecule has 1 aromatic carbocycles. The summed E-state index contributed by atoms with van der Waals surface area (Å²) in [6.45, 7) is 2.71. The molecule has 98 valence electrons. The largest absolute Gasteiger partial charge is 0.352 e. The van der Waals surface area contributed by atoms with Crippen LogP contribution in [-0.2, 0) is 11.3 Å². The zero-order chi connectivity index (χ0) is 13.2. The molecule has 2 N–H and O–H groups in total. The Morgan fingerprint density at radius 1 is 1.37 bits per heavy atom. The van der Waals surface area contributed by atoms with Crippen molar-refractivity contribution in [2.75, 3.05) is 0 Å². The molecular weight excluding hydrogens is 238 g/mol. The van der Waals surface area contributed by atoms with Crippen LogP contribution in [0.15, 0.2) is 42.9 Å². The SMILES string of the molecule is CC1C(C(=O)NCc2ccccc2)[C@H]1c1cnc[nH]1. The summed E-state index contributed by atoms with van der Waals surface area (Å²) in [5, 5.41) is 3.01. The van der Waals surface area contributed by atoms with Crippen LogP contribution in [0.4, 0.5) is 0 Å². The molecule has 0 spiro atoms. The van der Waals surface area contributed by atoms with Crippen molar-refractivity contribution in [2.45, 2.75) is 19.4 Å². The normalized spacial score (nSPS) is 25.0. The Labute approximate surface area is 112 Å². The minimum atomic E-state index is 0.0733.